The molecule has 2 aromatic carbocycles. The zero-order chi connectivity index (χ0) is 30.0. The van der Waals surface area contributed by atoms with Gasteiger partial charge in [-0.15, -0.1) is 0 Å². The molecule has 0 aliphatic heterocycles. The van der Waals surface area contributed by atoms with E-state index >= 15 is 0 Å². The van der Waals surface area contributed by atoms with Crippen molar-refractivity contribution in [3.8, 4) is 23.0 Å². The van der Waals surface area contributed by atoms with E-state index in [-0.39, 0.29) is 30.2 Å². The topological polar surface area (TPSA) is 54.0 Å². The third kappa shape index (κ3) is 8.61. The first-order chi connectivity index (χ1) is 21.7. The van der Waals surface area contributed by atoms with Crippen molar-refractivity contribution in [2.45, 2.75) is 153 Å². The van der Waals surface area contributed by atoms with Gasteiger partial charge in [0, 0.05) is 5.56 Å². The Kier molecular flexibility index (Phi) is 11.2. The van der Waals surface area contributed by atoms with E-state index in [4.69, 9.17) is 18.9 Å². The molecule has 4 saturated carbocycles. The lowest BCUT2D eigenvalue weighted by atomic mass is 9.97. The van der Waals surface area contributed by atoms with E-state index in [0.717, 1.165) is 68.4 Å². The SMILES string of the molecule is O=C(C=Cc1cc(OC2CCCCC2)ccc1OC1CCCCC1)c1cccc(OC2CCCCC2)c1OC1CCCCC1. The van der Waals surface area contributed by atoms with Crippen molar-refractivity contribution >= 4 is 11.9 Å². The molecule has 0 radical (unpaired) electrons. The van der Waals surface area contributed by atoms with E-state index in [1.807, 2.05) is 36.4 Å². The Morgan fingerprint density at radius 1 is 0.545 bits per heavy atom. The van der Waals surface area contributed by atoms with Crippen LogP contribution < -0.4 is 18.9 Å². The summed E-state index contributed by atoms with van der Waals surface area (Å²) in [6, 6.07) is 11.9. The van der Waals surface area contributed by atoms with Crippen molar-refractivity contribution in [3.05, 3.63) is 53.6 Å². The van der Waals surface area contributed by atoms with E-state index < -0.39 is 0 Å². The number of ketones is 1. The second-order valence-electron chi connectivity index (χ2n) is 13.5. The summed E-state index contributed by atoms with van der Waals surface area (Å²) < 4.78 is 26.1. The molecule has 6 rings (SSSR count). The maximum absolute atomic E-state index is 13.9. The van der Waals surface area contributed by atoms with Gasteiger partial charge in [-0.1, -0.05) is 31.7 Å². The fourth-order valence-corrected chi connectivity index (χ4v) is 7.47. The molecule has 0 amide bonds. The zero-order valence-corrected chi connectivity index (χ0v) is 26.6. The summed E-state index contributed by atoms with van der Waals surface area (Å²) in [6.07, 6.45) is 27.6. The summed E-state index contributed by atoms with van der Waals surface area (Å²) >= 11 is 0. The Morgan fingerprint density at radius 2 is 1.05 bits per heavy atom. The summed E-state index contributed by atoms with van der Waals surface area (Å²) in [5.41, 5.74) is 1.46. The first-order valence-electron chi connectivity index (χ1n) is 17.9. The Hall–Kier alpha value is -2.95. The molecule has 0 spiro atoms. The minimum atomic E-state index is -0.0767. The Labute approximate surface area is 264 Å². The standard InChI is InChI=1S/C39H52O5/c40-36(35-22-13-23-38(43-32-18-9-3-10-19-32)39(35)44-33-20-11-4-12-21-33)26-24-29-28-34(41-30-14-5-1-6-15-30)25-27-37(29)42-31-16-7-2-8-17-31/h13,22-28,30-33H,1-12,14-21H2. The normalized spacial score (nSPS) is 21.3. The van der Waals surface area contributed by atoms with Gasteiger partial charge >= 0.3 is 0 Å². The molecular weight excluding hydrogens is 548 g/mol. The van der Waals surface area contributed by atoms with Crippen LogP contribution in [0.4, 0.5) is 0 Å². The molecule has 0 atom stereocenters. The van der Waals surface area contributed by atoms with Crippen molar-refractivity contribution in [1.29, 1.82) is 0 Å². The second-order valence-corrected chi connectivity index (χ2v) is 13.5. The lowest BCUT2D eigenvalue weighted by molar-refractivity contribution is 0.101. The minimum absolute atomic E-state index is 0.0767. The van der Waals surface area contributed by atoms with Crippen LogP contribution in [-0.2, 0) is 0 Å². The molecule has 0 unspecified atom stereocenters. The first-order valence-corrected chi connectivity index (χ1v) is 17.9. The summed E-state index contributed by atoms with van der Waals surface area (Å²) in [5, 5.41) is 0. The molecule has 5 nitrogen and oxygen atoms in total. The van der Waals surface area contributed by atoms with Crippen LogP contribution >= 0.6 is 0 Å². The van der Waals surface area contributed by atoms with Gasteiger partial charge in [0.15, 0.2) is 17.3 Å². The van der Waals surface area contributed by atoms with E-state index in [2.05, 4.69) is 6.07 Å². The van der Waals surface area contributed by atoms with Crippen LogP contribution in [0.3, 0.4) is 0 Å². The fourth-order valence-electron chi connectivity index (χ4n) is 7.47. The number of carbonyl (C=O) groups is 1. The number of hydrogen-bond donors (Lipinski definition) is 0. The average molecular weight is 601 g/mol. The first kappa shape index (κ1) is 31.0. The molecule has 238 valence electrons. The van der Waals surface area contributed by atoms with Gasteiger partial charge in [0.05, 0.1) is 30.0 Å². The van der Waals surface area contributed by atoms with Gasteiger partial charge in [0.2, 0.25) is 0 Å². The van der Waals surface area contributed by atoms with E-state index in [9.17, 15) is 4.79 Å². The fraction of sp³-hybridized carbons (Fsp3) is 0.615. The largest absolute Gasteiger partial charge is 0.490 e. The lowest BCUT2D eigenvalue weighted by Gasteiger charge is -2.28. The number of rotatable bonds is 11. The minimum Gasteiger partial charge on any atom is -0.490 e. The van der Waals surface area contributed by atoms with Crippen LogP contribution in [0, 0.1) is 0 Å². The molecule has 0 saturated heterocycles. The molecule has 4 fully saturated rings. The summed E-state index contributed by atoms with van der Waals surface area (Å²) in [6.45, 7) is 0. The third-order valence-electron chi connectivity index (χ3n) is 10.0. The van der Waals surface area contributed by atoms with Gasteiger partial charge in [-0.05, 0) is 145 Å². The molecule has 4 aliphatic rings. The third-order valence-corrected chi connectivity index (χ3v) is 10.0. The molecule has 5 heteroatoms. The highest BCUT2D eigenvalue weighted by Gasteiger charge is 2.25. The summed E-state index contributed by atoms with van der Waals surface area (Å²) in [4.78, 5) is 13.9. The van der Waals surface area contributed by atoms with Gasteiger partial charge in [-0.2, -0.15) is 0 Å². The van der Waals surface area contributed by atoms with Gasteiger partial charge in [0.1, 0.15) is 11.5 Å². The smallest absolute Gasteiger partial charge is 0.189 e. The summed E-state index contributed by atoms with van der Waals surface area (Å²) in [7, 11) is 0. The second kappa shape index (κ2) is 15.9. The molecular formula is C39H52O5. The van der Waals surface area contributed by atoms with Gasteiger partial charge in [0.25, 0.3) is 0 Å². The molecule has 0 heterocycles. The highest BCUT2D eigenvalue weighted by Crippen LogP contribution is 2.38. The number of benzene rings is 2. The van der Waals surface area contributed by atoms with E-state index in [1.165, 1.54) is 77.0 Å². The monoisotopic (exact) mass is 600 g/mol. The van der Waals surface area contributed by atoms with Crippen LogP contribution in [0.15, 0.2) is 42.5 Å². The van der Waals surface area contributed by atoms with Crippen molar-refractivity contribution in [3.63, 3.8) is 0 Å². The van der Waals surface area contributed by atoms with Crippen LogP contribution in [-0.4, -0.2) is 30.2 Å². The maximum atomic E-state index is 13.9. The highest BCUT2D eigenvalue weighted by atomic mass is 16.5. The van der Waals surface area contributed by atoms with E-state index in [1.54, 1.807) is 6.08 Å². The predicted molar refractivity (Wildman–Crippen MR) is 176 cm³/mol. The van der Waals surface area contributed by atoms with Gasteiger partial charge in [-0.3, -0.25) is 4.79 Å². The van der Waals surface area contributed by atoms with Crippen molar-refractivity contribution in [2.75, 3.05) is 0 Å². The quantitative estimate of drug-likeness (QED) is 0.190. The molecule has 0 N–H and O–H groups in total. The van der Waals surface area contributed by atoms with E-state index in [0.29, 0.717) is 17.1 Å². The van der Waals surface area contributed by atoms with Crippen LogP contribution in [0.2, 0.25) is 0 Å². The number of ether oxygens (including phenoxy) is 4. The number of carbonyl (C=O) groups excluding carboxylic acids is 1. The molecule has 4 aliphatic carbocycles. The number of para-hydroxylation sites is 1. The van der Waals surface area contributed by atoms with Gasteiger partial charge in [-0.25, -0.2) is 0 Å². The zero-order valence-electron chi connectivity index (χ0n) is 26.6. The Bertz CT molecular complexity index is 1230. The average Bonchev–Trinajstić information content (AvgIpc) is 3.07. The predicted octanol–water partition coefficient (Wildman–Crippen LogP) is 10.4. The molecule has 2 aromatic rings. The summed E-state index contributed by atoms with van der Waals surface area (Å²) in [5.74, 6) is 2.93. The van der Waals surface area contributed by atoms with Gasteiger partial charge < -0.3 is 18.9 Å². The van der Waals surface area contributed by atoms with Crippen molar-refractivity contribution < 1.29 is 23.7 Å². The van der Waals surface area contributed by atoms with Crippen LogP contribution in [0.1, 0.15) is 144 Å². The van der Waals surface area contributed by atoms with Crippen LogP contribution in [0.5, 0.6) is 23.0 Å². The van der Waals surface area contributed by atoms with Crippen LogP contribution in [0.25, 0.3) is 6.08 Å². The Morgan fingerprint density at radius 3 is 1.61 bits per heavy atom. The lowest BCUT2D eigenvalue weighted by Crippen LogP contribution is -2.23. The Balaban J connectivity index is 1.25. The molecule has 0 aromatic heterocycles. The molecule has 0 bridgehead atoms. The number of allylic oxidation sites excluding steroid dienone is 1. The van der Waals surface area contributed by atoms with Crippen molar-refractivity contribution in [2.24, 2.45) is 0 Å². The molecule has 44 heavy (non-hydrogen) atoms. The van der Waals surface area contributed by atoms with Crippen molar-refractivity contribution in [1.82, 2.24) is 0 Å². The highest BCUT2D eigenvalue weighted by molar-refractivity contribution is 6.09. The number of hydrogen-bond acceptors (Lipinski definition) is 5. The maximum Gasteiger partial charge on any atom is 0.189 e.